The number of rotatable bonds is 6. The number of esters is 1. The van der Waals surface area contributed by atoms with Gasteiger partial charge in [-0.25, -0.2) is 4.79 Å². The Kier molecular flexibility index (Phi) is 5.52. The van der Waals surface area contributed by atoms with Crippen molar-refractivity contribution in [3.8, 4) is 11.8 Å². The molecule has 0 unspecified atom stereocenters. The fourth-order valence-electron chi connectivity index (χ4n) is 1.38. The van der Waals surface area contributed by atoms with Gasteiger partial charge in [0.2, 0.25) is 0 Å². The number of nitrogens with two attached hydrogens (primary N) is 1. The number of ether oxygens (including phenoxy) is 2. The number of nitrogens with zero attached hydrogens (tertiary/aromatic N) is 1. The fraction of sp³-hybridized carbons (Fsp3) is 0.385. The molecule has 96 valence electrons. The number of anilines is 1. The Morgan fingerprint density at radius 2 is 2.28 bits per heavy atom. The van der Waals surface area contributed by atoms with Crippen molar-refractivity contribution in [3.63, 3.8) is 0 Å². The van der Waals surface area contributed by atoms with Gasteiger partial charge in [-0.05, 0) is 31.5 Å². The van der Waals surface area contributed by atoms with Gasteiger partial charge in [-0.3, -0.25) is 0 Å². The monoisotopic (exact) mass is 248 g/mol. The molecule has 0 atom stereocenters. The van der Waals surface area contributed by atoms with Crippen LogP contribution < -0.4 is 10.5 Å². The van der Waals surface area contributed by atoms with Crippen LogP contribution in [0.2, 0.25) is 0 Å². The van der Waals surface area contributed by atoms with E-state index in [1.807, 2.05) is 6.07 Å². The maximum absolute atomic E-state index is 11.7. The SMILES string of the molecule is CCOC(=O)c1cc(N)ccc1OCCCC#N. The molecule has 0 radical (unpaired) electrons. The predicted octanol–water partition coefficient (Wildman–Crippen LogP) is 2.13. The van der Waals surface area contributed by atoms with Gasteiger partial charge in [-0.2, -0.15) is 5.26 Å². The molecule has 0 aliphatic rings. The first kappa shape index (κ1) is 13.8. The molecule has 0 saturated carbocycles. The van der Waals surface area contributed by atoms with Crippen LogP contribution in [0.4, 0.5) is 5.69 Å². The minimum absolute atomic E-state index is 0.293. The second kappa shape index (κ2) is 7.17. The zero-order valence-electron chi connectivity index (χ0n) is 10.3. The third kappa shape index (κ3) is 3.98. The first-order chi connectivity index (χ1) is 8.69. The highest BCUT2D eigenvalue weighted by molar-refractivity contribution is 5.93. The van der Waals surface area contributed by atoms with Gasteiger partial charge in [0.1, 0.15) is 11.3 Å². The summed E-state index contributed by atoms with van der Waals surface area (Å²) in [6.07, 6.45) is 1.03. The number of nitriles is 1. The van der Waals surface area contributed by atoms with Crippen molar-refractivity contribution >= 4 is 11.7 Å². The zero-order chi connectivity index (χ0) is 13.4. The second-order valence-corrected chi connectivity index (χ2v) is 3.59. The molecule has 0 saturated heterocycles. The zero-order valence-corrected chi connectivity index (χ0v) is 10.3. The molecule has 1 rings (SSSR count). The minimum Gasteiger partial charge on any atom is -0.493 e. The van der Waals surface area contributed by atoms with Gasteiger partial charge in [-0.1, -0.05) is 0 Å². The molecule has 0 bridgehead atoms. The van der Waals surface area contributed by atoms with Crippen LogP contribution in [-0.2, 0) is 4.74 Å². The Bertz CT molecular complexity index is 452. The lowest BCUT2D eigenvalue weighted by molar-refractivity contribution is 0.0521. The van der Waals surface area contributed by atoms with E-state index < -0.39 is 5.97 Å². The van der Waals surface area contributed by atoms with E-state index in [4.69, 9.17) is 20.5 Å². The molecule has 5 heteroatoms. The molecule has 0 heterocycles. The van der Waals surface area contributed by atoms with E-state index in [9.17, 15) is 4.79 Å². The molecule has 18 heavy (non-hydrogen) atoms. The molecule has 0 spiro atoms. The van der Waals surface area contributed by atoms with Crippen molar-refractivity contribution in [2.45, 2.75) is 19.8 Å². The largest absolute Gasteiger partial charge is 0.493 e. The Labute approximate surface area is 106 Å². The molecule has 0 aromatic heterocycles. The van der Waals surface area contributed by atoms with E-state index in [-0.39, 0.29) is 0 Å². The van der Waals surface area contributed by atoms with Crippen molar-refractivity contribution in [1.82, 2.24) is 0 Å². The van der Waals surface area contributed by atoms with E-state index in [0.717, 1.165) is 0 Å². The van der Waals surface area contributed by atoms with Gasteiger partial charge in [0.15, 0.2) is 0 Å². The average molecular weight is 248 g/mol. The van der Waals surface area contributed by atoms with Crippen LogP contribution in [-0.4, -0.2) is 19.2 Å². The van der Waals surface area contributed by atoms with Crippen molar-refractivity contribution < 1.29 is 14.3 Å². The van der Waals surface area contributed by atoms with Crippen LogP contribution in [0.25, 0.3) is 0 Å². The van der Waals surface area contributed by atoms with E-state index in [1.54, 1.807) is 19.1 Å². The van der Waals surface area contributed by atoms with E-state index in [1.165, 1.54) is 6.07 Å². The van der Waals surface area contributed by atoms with Gasteiger partial charge in [0.05, 0.1) is 19.3 Å². The maximum atomic E-state index is 11.7. The average Bonchev–Trinajstić information content (AvgIpc) is 2.36. The third-order valence-corrected chi connectivity index (χ3v) is 2.19. The molecule has 1 aromatic carbocycles. The summed E-state index contributed by atoms with van der Waals surface area (Å²) < 4.78 is 10.4. The van der Waals surface area contributed by atoms with E-state index in [2.05, 4.69) is 0 Å². The molecule has 0 fully saturated rings. The molecular formula is C13H16N2O3. The minimum atomic E-state index is -0.458. The summed E-state index contributed by atoms with van der Waals surface area (Å²) in [5, 5.41) is 8.42. The number of carbonyl (C=O) groups is 1. The Balaban J connectivity index is 2.77. The molecule has 0 aliphatic heterocycles. The summed E-state index contributed by atoms with van der Waals surface area (Å²) in [5.74, 6) is -0.0272. The lowest BCUT2D eigenvalue weighted by Gasteiger charge is -2.10. The van der Waals surface area contributed by atoms with Gasteiger partial charge < -0.3 is 15.2 Å². The van der Waals surface area contributed by atoms with Gasteiger partial charge >= 0.3 is 5.97 Å². The van der Waals surface area contributed by atoms with Gasteiger partial charge in [-0.15, -0.1) is 0 Å². The topological polar surface area (TPSA) is 85.3 Å². The van der Waals surface area contributed by atoms with Crippen molar-refractivity contribution in [3.05, 3.63) is 23.8 Å². The molecule has 5 nitrogen and oxygen atoms in total. The van der Waals surface area contributed by atoms with Crippen LogP contribution in [0, 0.1) is 11.3 Å². The number of carbonyl (C=O) groups excluding carboxylic acids is 1. The lowest BCUT2D eigenvalue weighted by atomic mass is 10.2. The summed E-state index contributed by atoms with van der Waals surface area (Å²) in [5.41, 5.74) is 6.42. The third-order valence-electron chi connectivity index (χ3n) is 2.19. The summed E-state index contributed by atoms with van der Waals surface area (Å²) in [6, 6.07) is 6.84. The molecular weight excluding hydrogens is 232 g/mol. The lowest BCUT2D eigenvalue weighted by Crippen LogP contribution is -2.09. The van der Waals surface area contributed by atoms with Crippen LogP contribution in [0.5, 0.6) is 5.75 Å². The normalized spacial score (nSPS) is 9.56. The first-order valence-electron chi connectivity index (χ1n) is 5.75. The van der Waals surface area contributed by atoms with E-state index in [0.29, 0.717) is 43.1 Å². The number of hydrogen-bond donors (Lipinski definition) is 1. The predicted molar refractivity (Wildman–Crippen MR) is 67.2 cm³/mol. The Hall–Kier alpha value is -2.22. The molecule has 0 aliphatic carbocycles. The Morgan fingerprint density at radius 1 is 1.50 bits per heavy atom. The van der Waals surface area contributed by atoms with Crippen molar-refractivity contribution in [2.75, 3.05) is 18.9 Å². The van der Waals surface area contributed by atoms with Crippen molar-refractivity contribution in [1.29, 1.82) is 5.26 Å². The standard InChI is InChI=1S/C13H16N2O3/c1-2-17-13(16)11-9-10(15)5-6-12(11)18-8-4-3-7-14/h5-6,9H,2-4,8,15H2,1H3. The Morgan fingerprint density at radius 3 is 2.94 bits per heavy atom. The smallest absolute Gasteiger partial charge is 0.341 e. The summed E-state index contributed by atoms with van der Waals surface area (Å²) in [7, 11) is 0. The number of hydrogen-bond acceptors (Lipinski definition) is 5. The first-order valence-corrected chi connectivity index (χ1v) is 5.75. The molecule has 0 amide bonds. The van der Waals surface area contributed by atoms with Gasteiger partial charge in [0, 0.05) is 12.1 Å². The van der Waals surface area contributed by atoms with E-state index >= 15 is 0 Å². The number of benzene rings is 1. The molecule has 1 aromatic rings. The van der Waals surface area contributed by atoms with Crippen LogP contribution >= 0.6 is 0 Å². The number of nitrogen functional groups attached to an aromatic ring is 1. The van der Waals surface area contributed by atoms with Crippen LogP contribution in [0.3, 0.4) is 0 Å². The second-order valence-electron chi connectivity index (χ2n) is 3.59. The van der Waals surface area contributed by atoms with Crippen LogP contribution in [0.1, 0.15) is 30.1 Å². The van der Waals surface area contributed by atoms with Crippen LogP contribution in [0.15, 0.2) is 18.2 Å². The fourth-order valence-corrected chi connectivity index (χ4v) is 1.38. The van der Waals surface area contributed by atoms with Gasteiger partial charge in [0.25, 0.3) is 0 Å². The molecule has 2 N–H and O–H groups in total. The summed E-state index contributed by atoms with van der Waals surface area (Å²) >= 11 is 0. The summed E-state index contributed by atoms with van der Waals surface area (Å²) in [4.78, 5) is 11.7. The highest BCUT2D eigenvalue weighted by atomic mass is 16.5. The maximum Gasteiger partial charge on any atom is 0.341 e. The highest BCUT2D eigenvalue weighted by Crippen LogP contribution is 2.22. The summed E-state index contributed by atoms with van der Waals surface area (Å²) in [6.45, 7) is 2.41. The quantitative estimate of drug-likeness (QED) is 0.473. The number of unbranched alkanes of at least 4 members (excludes halogenated alkanes) is 1. The van der Waals surface area contributed by atoms with Crippen molar-refractivity contribution in [2.24, 2.45) is 0 Å². The highest BCUT2D eigenvalue weighted by Gasteiger charge is 2.14.